The summed E-state index contributed by atoms with van der Waals surface area (Å²) < 4.78 is 10.6. The fourth-order valence-electron chi connectivity index (χ4n) is 4.01. The van der Waals surface area contributed by atoms with E-state index in [1.165, 1.54) is 0 Å². The fraction of sp³-hybridized carbons (Fsp3) is 0.435. The predicted octanol–water partition coefficient (Wildman–Crippen LogP) is 2.42. The van der Waals surface area contributed by atoms with Crippen LogP contribution in [0.1, 0.15) is 5.56 Å². The molecule has 0 atom stereocenters. The van der Waals surface area contributed by atoms with Gasteiger partial charge in [-0.15, -0.1) is 0 Å². The molecule has 2 aliphatic heterocycles. The third kappa shape index (κ3) is 4.71. The zero-order valence-electron chi connectivity index (χ0n) is 17.0. The number of nitrogens with zero attached hydrogens (tertiary/aromatic N) is 3. The van der Waals surface area contributed by atoms with Crippen LogP contribution in [0.4, 0.5) is 11.4 Å². The van der Waals surface area contributed by atoms with Gasteiger partial charge in [0.25, 0.3) is 0 Å². The lowest BCUT2D eigenvalue weighted by molar-refractivity contribution is -0.118. The summed E-state index contributed by atoms with van der Waals surface area (Å²) in [7, 11) is 1.65. The summed E-state index contributed by atoms with van der Waals surface area (Å²) in [6.45, 7) is 7.22. The molecular weight excluding hydrogens is 366 g/mol. The van der Waals surface area contributed by atoms with E-state index >= 15 is 0 Å². The normalized spacial score (nSPS) is 17.1. The van der Waals surface area contributed by atoms with E-state index in [1.807, 2.05) is 35.2 Å². The Hall–Kier alpha value is -2.57. The molecule has 154 valence electrons. The molecule has 4 rings (SSSR count). The van der Waals surface area contributed by atoms with E-state index in [0.717, 1.165) is 75.2 Å². The van der Waals surface area contributed by atoms with E-state index in [1.54, 1.807) is 7.11 Å². The van der Waals surface area contributed by atoms with Crippen LogP contribution in [0.15, 0.2) is 48.5 Å². The van der Waals surface area contributed by atoms with Crippen LogP contribution in [-0.2, 0) is 16.0 Å². The molecule has 0 unspecified atom stereocenters. The molecule has 2 aliphatic rings. The van der Waals surface area contributed by atoms with Gasteiger partial charge in [-0.3, -0.25) is 9.69 Å². The van der Waals surface area contributed by atoms with E-state index < -0.39 is 0 Å². The number of hydrogen-bond acceptors (Lipinski definition) is 5. The van der Waals surface area contributed by atoms with Crippen LogP contribution in [0.2, 0.25) is 0 Å². The van der Waals surface area contributed by atoms with Crippen molar-refractivity contribution in [3.05, 3.63) is 54.1 Å². The Labute approximate surface area is 172 Å². The summed E-state index contributed by atoms with van der Waals surface area (Å²) in [4.78, 5) is 19.8. The highest BCUT2D eigenvalue weighted by molar-refractivity contribution is 5.99. The topological polar surface area (TPSA) is 45.2 Å². The van der Waals surface area contributed by atoms with Crippen molar-refractivity contribution >= 4 is 17.3 Å². The summed E-state index contributed by atoms with van der Waals surface area (Å²) in [6.07, 6.45) is 0.395. The third-order valence-electron chi connectivity index (χ3n) is 5.71. The van der Waals surface area contributed by atoms with Gasteiger partial charge in [0.05, 0.1) is 38.1 Å². The highest BCUT2D eigenvalue weighted by Crippen LogP contribution is 2.33. The minimum absolute atomic E-state index is 0.135. The number of carbonyl (C=O) groups excluding carboxylic acids is 1. The molecule has 1 amide bonds. The number of rotatable bonds is 6. The summed E-state index contributed by atoms with van der Waals surface area (Å²) in [6, 6.07) is 16.0. The number of methoxy groups -OCH3 is 1. The van der Waals surface area contributed by atoms with Gasteiger partial charge in [-0.1, -0.05) is 24.3 Å². The lowest BCUT2D eigenvalue weighted by Gasteiger charge is -2.39. The number of benzene rings is 2. The van der Waals surface area contributed by atoms with E-state index in [4.69, 9.17) is 9.47 Å². The maximum Gasteiger partial charge on any atom is 0.231 e. The molecule has 0 bridgehead atoms. The highest BCUT2D eigenvalue weighted by atomic mass is 16.5. The Morgan fingerprint density at radius 1 is 0.931 bits per heavy atom. The predicted molar refractivity (Wildman–Crippen MR) is 115 cm³/mol. The van der Waals surface area contributed by atoms with Crippen LogP contribution >= 0.6 is 0 Å². The summed E-state index contributed by atoms with van der Waals surface area (Å²) >= 11 is 0. The Kier molecular flexibility index (Phi) is 6.32. The molecule has 0 aromatic heterocycles. The van der Waals surface area contributed by atoms with Crippen molar-refractivity contribution < 1.29 is 14.3 Å². The molecule has 1 fully saturated rings. The average molecular weight is 396 g/mol. The molecule has 6 nitrogen and oxygen atoms in total. The number of anilines is 2. The number of hydrogen-bond donors (Lipinski definition) is 0. The number of para-hydroxylation sites is 2. The first-order valence-corrected chi connectivity index (χ1v) is 10.3. The molecule has 0 N–H and O–H groups in total. The zero-order valence-corrected chi connectivity index (χ0v) is 17.0. The van der Waals surface area contributed by atoms with Crippen molar-refractivity contribution in [2.24, 2.45) is 0 Å². The molecule has 6 heteroatoms. The molecule has 0 spiro atoms. The molecule has 2 heterocycles. The number of fused-ring (bicyclic) bond motifs is 1. The van der Waals surface area contributed by atoms with Gasteiger partial charge in [0.2, 0.25) is 5.91 Å². The smallest absolute Gasteiger partial charge is 0.231 e. The molecule has 2 aromatic rings. The Balaban J connectivity index is 1.43. The minimum atomic E-state index is 0.135. The second kappa shape index (κ2) is 9.29. The van der Waals surface area contributed by atoms with Crippen molar-refractivity contribution in [1.82, 2.24) is 4.90 Å². The van der Waals surface area contributed by atoms with Gasteiger partial charge in [-0.25, -0.2) is 0 Å². The standard InChI is InChI=1S/C23H29N3O3/c1-28-20-8-6-19(7-9-20)18-23(27)26-13-12-25(21-4-2-3-5-22(21)26)11-10-24-14-16-29-17-15-24/h2-9H,10-18H2,1H3. The number of morpholine rings is 1. The van der Waals surface area contributed by atoms with E-state index in [0.29, 0.717) is 6.42 Å². The van der Waals surface area contributed by atoms with Gasteiger partial charge in [0.1, 0.15) is 5.75 Å². The van der Waals surface area contributed by atoms with E-state index in [9.17, 15) is 4.79 Å². The monoisotopic (exact) mass is 395 g/mol. The van der Waals surface area contributed by atoms with Crippen molar-refractivity contribution in [3.63, 3.8) is 0 Å². The minimum Gasteiger partial charge on any atom is -0.497 e. The van der Waals surface area contributed by atoms with Crippen LogP contribution in [0.3, 0.4) is 0 Å². The zero-order chi connectivity index (χ0) is 20.1. The van der Waals surface area contributed by atoms with Crippen LogP contribution in [0.25, 0.3) is 0 Å². The summed E-state index contributed by atoms with van der Waals surface area (Å²) in [5, 5.41) is 0. The van der Waals surface area contributed by atoms with Crippen LogP contribution in [-0.4, -0.2) is 70.4 Å². The quantitative estimate of drug-likeness (QED) is 0.752. The van der Waals surface area contributed by atoms with Gasteiger partial charge in [-0.05, 0) is 29.8 Å². The molecule has 0 aliphatic carbocycles. The van der Waals surface area contributed by atoms with Crippen LogP contribution < -0.4 is 14.5 Å². The second-order valence-corrected chi connectivity index (χ2v) is 7.50. The van der Waals surface area contributed by atoms with Crippen LogP contribution in [0, 0.1) is 0 Å². The molecule has 2 aromatic carbocycles. The van der Waals surface area contributed by atoms with Crippen LogP contribution in [0.5, 0.6) is 5.75 Å². The lowest BCUT2D eigenvalue weighted by atomic mass is 10.1. The average Bonchev–Trinajstić information content (AvgIpc) is 2.78. The van der Waals surface area contributed by atoms with Crippen molar-refractivity contribution in [1.29, 1.82) is 0 Å². The van der Waals surface area contributed by atoms with Gasteiger partial charge in [0, 0.05) is 39.3 Å². The second-order valence-electron chi connectivity index (χ2n) is 7.50. The molecule has 0 saturated carbocycles. The largest absolute Gasteiger partial charge is 0.497 e. The first-order chi connectivity index (χ1) is 14.2. The molecule has 0 radical (unpaired) electrons. The first-order valence-electron chi connectivity index (χ1n) is 10.3. The van der Waals surface area contributed by atoms with Gasteiger partial charge >= 0.3 is 0 Å². The highest BCUT2D eigenvalue weighted by Gasteiger charge is 2.26. The van der Waals surface area contributed by atoms with Crippen molar-refractivity contribution in [2.45, 2.75) is 6.42 Å². The lowest BCUT2D eigenvalue weighted by Crippen LogP contribution is -2.47. The number of amides is 1. The Morgan fingerprint density at radius 2 is 1.66 bits per heavy atom. The maximum atomic E-state index is 13.1. The Bertz CT molecular complexity index is 818. The van der Waals surface area contributed by atoms with E-state index in [-0.39, 0.29) is 5.91 Å². The Morgan fingerprint density at radius 3 is 2.38 bits per heavy atom. The third-order valence-corrected chi connectivity index (χ3v) is 5.71. The molecule has 1 saturated heterocycles. The summed E-state index contributed by atoms with van der Waals surface area (Å²) in [5.41, 5.74) is 3.16. The van der Waals surface area contributed by atoms with Crippen molar-refractivity contribution in [3.8, 4) is 5.75 Å². The van der Waals surface area contributed by atoms with Gasteiger partial charge in [-0.2, -0.15) is 0 Å². The van der Waals surface area contributed by atoms with Crippen molar-refractivity contribution in [2.75, 3.05) is 69.4 Å². The SMILES string of the molecule is COc1ccc(CC(=O)N2CCN(CCN3CCOCC3)c3ccccc32)cc1. The van der Waals surface area contributed by atoms with Gasteiger partial charge < -0.3 is 19.3 Å². The van der Waals surface area contributed by atoms with Gasteiger partial charge in [0.15, 0.2) is 0 Å². The number of ether oxygens (including phenoxy) is 2. The fourth-order valence-corrected chi connectivity index (χ4v) is 4.01. The molecular formula is C23H29N3O3. The van der Waals surface area contributed by atoms with E-state index in [2.05, 4.69) is 28.0 Å². The molecule has 29 heavy (non-hydrogen) atoms. The number of carbonyl (C=O) groups is 1. The summed E-state index contributed by atoms with van der Waals surface area (Å²) in [5.74, 6) is 0.941. The maximum absolute atomic E-state index is 13.1. The first kappa shape index (κ1) is 19.7.